The Balaban J connectivity index is 6.48. The van der Waals surface area contributed by atoms with Crippen molar-refractivity contribution in [2.75, 3.05) is 19.6 Å². The molecule has 0 aromatic rings. The van der Waals surface area contributed by atoms with E-state index in [4.69, 9.17) is 28.0 Å². The predicted octanol–water partition coefficient (Wildman–Crippen LogP) is -3.84. The van der Waals surface area contributed by atoms with Crippen LogP contribution in [0.3, 0.4) is 0 Å². The second-order valence-corrected chi connectivity index (χ2v) is 21.8. The van der Waals surface area contributed by atoms with Gasteiger partial charge in [0.2, 0.25) is 65.0 Å². The minimum Gasteiger partial charge on any atom is -0.481 e. The first-order chi connectivity index (χ1) is 37.6. The summed E-state index contributed by atoms with van der Waals surface area (Å²) in [6.45, 7) is 17.0. The quantitative estimate of drug-likeness (QED) is 0.0159. The van der Waals surface area contributed by atoms with Gasteiger partial charge in [0.15, 0.2) is 5.96 Å². The summed E-state index contributed by atoms with van der Waals surface area (Å²) < 4.78 is 0. The minimum absolute atomic E-state index is 0.00987. The molecule has 0 bridgehead atoms. The number of aliphatic imine (C=N–C) groups is 1. The van der Waals surface area contributed by atoms with Gasteiger partial charge in [-0.1, -0.05) is 69.2 Å². The van der Waals surface area contributed by atoms with Gasteiger partial charge < -0.3 is 86.3 Å². The van der Waals surface area contributed by atoms with Crippen molar-refractivity contribution in [1.82, 2.24) is 53.2 Å². The molecule has 20 N–H and O–H groups in total. The molecule has 0 saturated carbocycles. The minimum atomic E-state index is -1.54. The molecule has 30 heteroatoms. The Hall–Kier alpha value is -7.66. The molecular weight excluding hydrogens is 1060 g/mol. The summed E-state index contributed by atoms with van der Waals surface area (Å²) in [4.78, 5) is 173. The first-order valence-corrected chi connectivity index (χ1v) is 27.1. The number of carbonyl (C=O) groups is 13. The lowest BCUT2D eigenvalue weighted by Gasteiger charge is -2.29. The Kier molecular flexibility index (Phi) is 33.8. The number of hydrogen-bond acceptors (Lipinski definition) is 15. The zero-order valence-corrected chi connectivity index (χ0v) is 48.5. The number of primary amides is 1. The molecule has 0 heterocycles. The molecule has 0 aromatic carbocycles. The fourth-order valence-corrected chi connectivity index (χ4v) is 7.59. The van der Waals surface area contributed by atoms with Gasteiger partial charge in [-0.3, -0.25) is 67.3 Å². The number of carboxylic acids is 2. The zero-order chi connectivity index (χ0) is 62.4. The average Bonchev–Trinajstić information content (AvgIpc) is 3.35. The summed E-state index contributed by atoms with van der Waals surface area (Å²) in [6, 6.07) is -11.7. The number of aliphatic carboxylic acids is 2. The van der Waals surface area contributed by atoms with Crippen molar-refractivity contribution in [2.24, 2.45) is 57.5 Å². The fraction of sp³-hybridized carbons (Fsp3) is 0.725. The van der Waals surface area contributed by atoms with Crippen molar-refractivity contribution >= 4 is 82.9 Å². The Labute approximate surface area is 472 Å². The summed E-state index contributed by atoms with van der Waals surface area (Å²) in [5, 5.41) is 43.2. The van der Waals surface area contributed by atoms with E-state index in [2.05, 4.69) is 58.2 Å². The third-order valence-corrected chi connectivity index (χ3v) is 12.1. The van der Waals surface area contributed by atoms with E-state index in [9.17, 15) is 67.4 Å². The molecule has 0 aliphatic heterocycles. The molecular formula is C51H91N15O15. The lowest BCUT2D eigenvalue weighted by molar-refractivity contribution is -0.141. The molecule has 0 aromatic heterocycles. The zero-order valence-electron chi connectivity index (χ0n) is 48.5. The van der Waals surface area contributed by atoms with Gasteiger partial charge in [0.1, 0.15) is 48.3 Å². The van der Waals surface area contributed by atoms with Crippen LogP contribution in [0.25, 0.3) is 0 Å². The molecule has 30 nitrogen and oxygen atoms in total. The molecule has 11 amide bonds. The molecule has 0 radical (unpaired) electrons. The van der Waals surface area contributed by atoms with Gasteiger partial charge >= 0.3 is 11.9 Å². The number of nitrogens with one attached hydrogen (secondary N) is 10. The van der Waals surface area contributed by atoms with Crippen LogP contribution >= 0.6 is 0 Å². The third kappa shape index (κ3) is 31.1. The first kappa shape index (κ1) is 73.3. The van der Waals surface area contributed by atoms with Gasteiger partial charge in [-0.15, -0.1) is 0 Å². The highest BCUT2D eigenvalue weighted by Gasteiger charge is 2.35. The highest BCUT2D eigenvalue weighted by molar-refractivity contribution is 5.98. The molecule has 81 heavy (non-hydrogen) atoms. The second kappa shape index (κ2) is 37.3. The van der Waals surface area contributed by atoms with Gasteiger partial charge in [-0.05, 0) is 81.5 Å². The number of nitrogens with two attached hydrogens (primary N) is 4. The highest BCUT2D eigenvalue weighted by atomic mass is 16.4. The summed E-state index contributed by atoms with van der Waals surface area (Å²) in [5.41, 5.74) is 22.3. The maximum Gasteiger partial charge on any atom is 0.325 e. The molecule has 0 aliphatic carbocycles. The Morgan fingerprint density at radius 2 is 0.815 bits per heavy atom. The molecule has 0 unspecified atom stereocenters. The maximum atomic E-state index is 14.0. The van der Waals surface area contributed by atoms with Crippen molar-refractivity contribution in [3.63, 3.8) is 0 Å². The maximum absolute atomic E-state index is 14.0. The molecule has 9 atom stereocenters. The SMILES string of the molecule is CC(C)C[C@H](NC(=O)[C@H](CCCN=C(N)N)NC(=O)CNC(=O)[C@@H](NC(=O)[C@H](CC(C)C)NC(=O)[C@H](CC(C)C)NC(=O)[C@H](CCC(N)=O)NC(=O)[C@@H](N)C(C)C)C(C)C)C(=O)N[C@@H](CCC(=O)O)C(=O)NCC(=O)N[C@@H](C)C(=O)O. The molecule has 0 aliphatic rings. The second-order valence-electron chi connectivity index (χ2n) is 21.8. The van der Waals surface area contributed by atoms with Crippen molar-refractivity contribution in [3.05, 3.63) is 0 Å². The van der Waals surface area contributed by atoms with Gasteiger partial charge in [0.05, 0.1) is 19.1 Å². The normalized spacial score (nSPS) is 14.5. The van der Waals surface area contributed by atoms with E-state index in [1.54, 1.807) is 69.2 Å². The van der Waals surface area contributed by atoms with Crippen LogP contribution in [-0.4, -0.2) is 167 Å². The van der Waals surface area contributed by atoms with E-state index in [0.717, 1.165) is 0 Å². The number of rotatable bonds is 39. The first-order valence-electron chi connectivity index (χ1n) is 27.1. The molecule has 0 rings (SSSR count). The molecule has 460 valence electrons. The van der Waals surface area contributed by atoms with Gasteiger partial charge in [0, 0.05) is 19.4 Å². The number of carbonyl (C=O) groups excluding carboxylic acids is 11. The lowest BCUT2D eigenvalue weighted by atomic mass is 9.98. The summed E-state index contributed by atoms with van der Waals surface area (Å²) >= 11 is 0. The van der Waals surface area contributed by atoms with Crippen LogP contribution in [0.15, 0.2) is 4.99 Å². The standard InChI is InChI=1S/C51H91N15O15/c1-24(2)19-33(45(75)61-31(15-17-39(70)71)42(72)57-22-37(68)59-29(11)50(80)81)63-43(73)30(13-12-18-56-51(54)55)60-38(69)23-58-49(79)41(28(9)10)66-47(77)35(21-26(5)6)65-46(76)34(20-25(3)4)64-44(74)32(14-16-36(52)67)62-48(78)40(53)27(7)8/h24-35,40-41H,12-23,53H2,1-11H3,(H2,52,67)(H,57,72)(H,58,79)(H,59,68)(H,60,69)(H,61,75)(H,62,78)(H,63,73)(H,64,74)(H,65,76)(H,66,77)(H,70,71)(H,80,81)(H4,54,55,56)/t29-,30-,31-,32-,33-,34-,35-,40-,41-/m0/s1. The number of carboxylic acid groups (broad SMARTS) is 2. The van der Waals surface area contributed by atoms with Crippen LogP contribution in [0.5, 0.6) is 0 Å². The van der Waals surface area contributed by atoms with Crippen LogP contribution in [0.2, 0.25) is 0 Å². The highest BCUT2D eigenvalue weighted by Crippen LogP contribution is 2.13. The van der Waals surface area contributed by atoms with E-state index < -0.39 is 163 Å². The molecule has 0 fully saturated rings. The topological polar surface area (TPSA) is 499 Å². The van der Waals surface area contributed by atoms with E-state index in [1.165, 1.54) is 6.92 Å². The van der Waals surface area contributed by atoms with E-state index in [1.807, 2.05) is 0 Å². The Morgan fingerprint density at radius 1 is 0.432 bits per heavy atom. The van der Waals surface area contributed by atoms with Crippen LogP contribution in [0.1, 0.15) is 134 Å². The van der Waals surface area contributed by atoms with Gasteiger partial charge in [-0.25, -0.2) is 0 Å². The smallest absolute Gasteiger partial charge is 0.325 e. The summed E-state index contributed by atoms with van der Waals surface area (Å²) in [6.07, 6.45) is -1.39. The van der Waals surface area contributed by atoms with Crippen molar-refractivity contribution in [2.45, 2.75) is 188 Å². The summed E-state index contributed by atoms with van der Waals surface area (Å²) in [7, 11) is 0. The van der Waals surface area contributed by atoms with Crippen LogP contribution < -0.4 is 76.1 Å². The van der Waals surface area contributed by atoms with Crippen molar-refractivity contribution < 1.29 is 72.5 Å². The fourth-order valence-electron chi connectivity index (χ4n) is 7.59. The van der Waals surface area contributed by atoms with Crippen LogP contribution in [-0.2, 0) is 62.3 Å². The average molecular weight is 1150 g/mol. The van der Waals surface area contributed by atoms with E-state index in [-0.39, 0.29) is 81.1 Å². The predicted molar refractivity (Wildman–Crippen MR) is 296 cm³/mol. The number of nitrogens with zero attached hydrogens (tertiary/aromatic N) is 1. The molecule has 0 saturated heterocycles. The van der Waals surface area contributed by atoms with Crippen LogP contribution in [0.4, 0.5) is 0 Å². The number of guanidine groups is 1. The van der Waals surface area contributed by atoms with Crippen molar-refractivity contribution in [1.29, 1.82) is 0 Å². The van der Waals surface area contributed by atoms with E-state index >= 15 is 0 Å². The largest absolute Gasteiger partial charge is 0.481 e. The summed E-state index contributed by atoms with van der Waals surface area (Å²) in [5.74, 6) is -13.6. The van der Waals surface area contributed by atoms with Gasteiger partial charge in [-0.2, -0.15) is 0 Å². The van der Waals surface area contributed by atoms with Gasteiger partial charge in [0.25, 0.3) is 0 Å². The monoisotopic (exact) mass is 1150 g/mol. The van der Waals surface area contributed by atoms with Crippen molar-refractivity contribution in [3.8, 4) is 0 Å². The molecule has 0 spiro atoms. The Bertz CT molecular complexity index is 2200. The third-order valence-electron chi connectivity index (χ3n) is 12.1. The van der Waals surface area contributed by atoms with E-state index in [0.29, 0.717) is 0 Å². The van der Waals surface area contributed by atoms with Crippen LogP contribution in [0, 0.1) is 29.6 Å². The number of amides is 11. The Morgan fingerprint density at radius 3 is 1.22 bits per heavy atom. The number of hydrogen-bond donors (Lipinski definition) is 16. The lowest BCUT2D eigenvalue weighted by Crippen LogP contribution is -2.60.